The van der Waals surface area contributed by atoms with Gasteiger partial charge in [0.25, 0.3) is 11.8 Å². The number of imide groups is 2. The molecule has 0 spiro atoms. The lowest BCUT2D eigenvalue weighted by Crippen LogP contribution is -2.44. The summed E-state index contributed by atoms with van der Waals surface area (Å²) in [6, 6.07) is 23.4. The van der Waals surface area contributed by atoms with Gasteiger partial charge in [-0.3, -0.25) is 29.0 Å². The number of halogens is 1. The van der Waals surface area contributed by atoms with Crippen molar-refractivity contribution in [2.45, 2.75) is 70.9 Å². The van der Waals surface area contributed by atoms with Crippen LogP contribution < -0.4 is 10.6 Å². The molecule has 0 aliphatic carbocycles. The number of benzene rings is 3. The smallest absolute Gasteiger partial charge is 0.323 e. The maximum absolute atomic E-state index is 12.8. The molecule has 0 bridgehead atoms. The Morgan fingerprint density at radius 1 is 0.667 bits per heavy atom. The Bertz CT molecular complexity index is 1680. The van der Waals surface area contributed by atoms with E-state index in [4.69, 9.17) is 11.6 Å². The molecule has 2 atom stereocenters. The Balaban J connectivity index is 0.000000224. The summed E-state index contributed by atoms with van der Waals surface area (Å²) in [5.74, 6) is -1.03. The van der Waals surface area contributed by atoms with E-state index in [9.17, 15) is 28.8 Å². The van der Waals surface area contributed by atoms with Crippen molar-refractivity contribution in [1.29, 1.82) is 0 Å². The molecule has 5 rings (SSSR count). The highest BCUT2D eigenvalue weighted by Gasteiger charge is 2.48. The van der Waals surface area contributed by atoms with Crippen molar-refractivity contribution in [2.24, 2.45) is 0 Å². The van der Waals surface area contributed by atoms with Gasteiger partial charge in [-0.15, -0.1) is 0 Å². The molecule has 2 heterocycles. The normalized spacial score (nSPS) is 20.3. The van der Waals surface area contributed by atoms with Crippen molar-refractivity contribution < 1.29 is 28.8 Å². The number of carbonyl (C=O) groups is 6. The van der Waals surface area contributed by atoms with Gasteiger partial charge in [0.05, 0.1) is 13.1 Å². The van der Waals surface area contributed by atoms with Gasteiger partial charge in [0.2, 0.25) is 0 Å². The first-order chi connectivity index (χ1) is 22.7. The van der Waals surface area contributed by atoms with E-state index in [2.05, 4.69) is 10.6 Å². The van der Waals surface area contributed by atoms with Crippen LogP contribution in [0.3, 0.4) is 0 Å². The number of nitrogens with zero attached hydrogens (tertiary/aromatic N) is 2. The van der Waals surface area contributed by atoms with Gasteiger partial charge >= 0.3 is 12.1 Å². The SMILES string of the molecule is CCC1(C)NC(=O)N(CC(=O)Cc2ccc(Cl)cc2)C1=O.Cc1ccc(CC(=O)CN2C(=O)NC(C)(CCc3ccccc3)C2=O)cc1. The van der Waals surface area contributed by atoms with Crippen molar-refractivity contribution in [3.05, 3.63) is 106 Å². The molecular weight excluding hydrogens is 632 g/mol. The maximum Gasteiger partial charge on any atom is 0.325 e. The fourth-order valence-corrected chi connectivity index (χ4v) is 5.58. The van der Waals surface area contributed by atoms with Crippen LogP contribution in [0.15, 0.2) is 78.9 Å². The van der Waals surface area contributed by atoms with Gasteiger partial charge in [0.15, 0.2) is 11.6 Å². The molecule has 252 valence electrons. The molecule has 10 nitrogen and oxygen atoms in total. The number of nitrogens with one attached hydrogen (secondary N) is 2. The van der Waals surface area contributed by atoms with Crippen LogP contribution >= 0.6 is 11.6 Å². The van der Waals surface area contributed by atoms with Crippen LogP contribution in [-0.2, 0) is 38.4 Å². The molecule has 0 radical (unpaired) electrons. The third-order valence-electron chi connectivity index (χ3n) is 8.66. The van der Waals surface area contributed by atoms with Crippen molar-refractivity contribution in [2.75, 3.05) is 13.1 Å². The summed E-state index contributed by atoms with van der Waals surface area (Å²) < 4.78 is 0. The number of hydrogen-bond acceptors (Lipinski definition) is 6. The number of urea groups is 2. The summed E-state index contributed by atoms with van der Waals surface area (Å²) >= 11 is 5.78. The second kappa shape index (κ2) is 15.4. The van der Waals surface area contributed by atoms with Crippen LogP contribution in [0.4, 0.5) is 9.59 Å². The second-order valence-corrected chi connectivity index (χ2v) is 13.1. The van der Waals surface area contributed by atoms with Gasteiger partial charge < -0.3 is 10.6 Å². The molecule has 6 amide bonds. The van der Waals surface area contributed by atoms with E-state index in [1.54, 1.807) is 38.1 Å². The zero-order valence-electron chi connectivity index (χ0n) is 27.7. The molecule has 2 N–H and O–H groups in total. The van der Waals surface area contributed by atoms with E-state index < -0.39 is 23.1 Å². The number of Topliss-reactive ketones (excluding diaryl/α,β-unsaturated/α-hetero) is 2. The fourth-order valence-electron chi connectivity index (χ4n) is 5.46. The van der Waals surface area contributed by atoms with Crippen LogP contribution in [-0.4, -0.2) is 69.4 Å². The van der Waals surface area contributed by atoms with E-state index in [1.165, 1.54) is 0 Å². The molecule has 2 unspecified atom stereocenters. The minimum absolute atomic E-state index is 0.158. The minimum atomic E-state index is -0.975. The number of carbonyl (C=O) groups excluding carboxylic acids is 6. The second-order valence-electron chi connectivity index (χ2n) is 12.7. The van der Waals surface area contributed by atoms with Gasteiger partial charge in [0, 0.05) is 17.9 Å². The quantitative estimate of drug-likeness (QED) is 0.254. The summed E-state index contributed by atoms with van der Waals surface area (Å²) in [4.78, 5) is 75.5. The minimum Gasteiger partial charge on any atom is -0.323 e. The van der Waals surface area contributed by atoms with Crippen LogP contribution in [0.5, 0.6) is 0 Å². The predicted octanol–water partition coefficient (Wildman–Crippen LogP) is 5.22. The first-order valence-corrected chi connectivity index (χ1v) is 16.3. The van der Waals surface area contributed by atoms with Crippen molar-refractivity contribution in [1.82, 2.24) is 20.4 Å². The molecule has 2 saturated heterocycles. The van der Waals surface area contributed by atoms with Gasteiger partial charge in [-0.25, -0.2) is 9.59 Å². The number of ketones is 2. The summed E-state index contributed by atoms with van der Waals surface area (Å²) in [7, 11) is 0. The molecule has 3 aromatic carbocycles. The topological polar surface area (TPSA) is 133 Å². The first-order valence-electron chi connectivity index (χ1n) is 15.9. The standard InChI is InChI=1S/C22H24N2O3.C15H17ClN2O3/c1-16-8-10-18(11-9-16)14-19(25)15-24-20(26)22(2,23-21(24)27)13-12-17-6-4-3-5-7-17;1-3-15(2)13(20)18(14(21)17-15)9-12(19)8-10-4-6-11(16)7-5-10/h3-11H,12-15H2,1-2H3,(H,23,27);4-7H,3,8-9H2,1-2H3,(H,17,21). The lowest BCUT2D eigenvalue weighted by molar-refractivity contribution is -0.134. The van der Waals surface area contributed by atoms with E-state index >= 15 is 0 Å². The van der Waals surface area contributed by atoms with Crippen LogP contribution in [0.1, 0.15) is 55.9 Å². The molecule has 48 heavy (non-hydrogen) atoms. The molecule has 2 aliphatic rings. The zero-order valence-corrected chi connectivity index (χ0v) is 28.4. The van der Waals surface area contributed by atoms with E-state index in [-0.39, 0.29) is 49.3 Å². The fraction of sp³-hybridized carbons (Fsp3) is 0.351. The molecule has 2 aliphatic heterocycles. The predicted molar refractivity (Wildman–Crippen MR) is 182 cm³/mol. The Kier molecular flexibility index (Phi) is 11.5. The number of rotatable bonds is 12. The van der Waals surface area contributed by atoms with E-state index in [0.29, 0.717) is 24.3 Å². The number of amides is 6. The molecule has 11 heteroatoms. The van der Waals surface area contributed by atoms with Crippen molar-refractivity contribution in [3.8, 4) is 0 Å². The lowest BCUT2D eigenvalue weighted by atomic mass is 9.93. The van der Waals surface area contributed by atoms with Crippen LogP contribution in [0.2, 0.25) is 5.02 Å². The number of hydrogen-bond donors (Lipinski definition) is 2. The summed E-state index contributed by atoms with van der Waals surface area (Å²) in [5.41, 5.74) is 2.03. The molecule has 3 aromatic rings. The summed E-state index contributed by atoms with van der Waals surface area (Å²) in [6.07, 6.45) is 2.02. The molecule has 2 fully saturated rings. The Morgan fingerprint density at radius 3 is 1.60 bits per heavy atom. The largest absolute Gasteiger partial charge is 0.325 e. The highest BCUT2D eigenvalue weighted by molar-refractivity contribution is 6.30. The van der Waals surface area contributed by atoms with E-state index in [0.717, 1.165) is 32.1 Å². The third-order valence-corrected chi connectivity index (χ3v) is 8.91. The van der Waals surface area contributed by atoms with Crippen molar-refractivity contribution in [3.63, 3.8) is 0 Å². The number of aryl methyl sites for hydroxylation is 2. The average molecular weight is 673 g/mol. The van der Waals surface area contributed by atoms with Gasteiger partial charge in [-0.1, -0.05) is 90.8 Å². The first kappa shape index (κ1) is 36.0. The van der Waals surface area contributed by atoms with Crippen LogP contribution in [0.25, 0.3) is 0 Å². The molecular formula is C37H41ClN4O6. The Hall–Kier alpha value is -4.83. The zero-order chi connectivity index (χ0) is 35.1. The maximum atomic E-state index is 12.8. The van der Waals surface area contributed by atoms with Crippen molar-refractivity contribution >= 4 is 47.0 Å². The highest BCUT2D eigenvalue weighted by Crippen LogP contribution is 2.24. The van der Waals surface area contributed by atoms with Gasteiger partial charge in [-0.2, -0.15) is 0 Å². The highest BCUT2D eigenvalue weighted by atomic mass is 35.5. The Morgan fingerprint density at radius 2 is 1.12 bits per heavy atom. The monoisotopic (exact) mass is 672 g/mol. The van der Waals surface area contributed by atoms with Crippen LogP contribution in [0, 0.1) is 6.92 Å². The third kappa shape index (κ3) is 8.95. The summed E-state index contributed by atoms with van der Waals surface area (Å²) in [6.45, 7) is 6.78. The average Bonchev–Trinajstić information content (AvgIpc) is 3.41. The molecule has 0 saturated carbocycles. The lowest BCUT2D eigenvalue weighted by Gasteiger charge is -2.21. The Labute approximate surface area is 285 Å². The summed E-state index contributed by atoms with van der Waals surface area (Å²) in [5, 5.41) is 5.98. The van der Waals surface area contributed by atoms with E-state index in [1.807, 2.05) is 68.4 Å². The van der Waals surface area contributed by atoms with Gasteiger partial charge in [0.1, 0.15) is 11.1 Å². The molecule has 0 aromatic heterocycles. The van der Waals surface area contributed by atoms with Gasteiger partial charge in [-0.05, 0) is 68.9 Å².